The third-order valence-electron chi connectivity index (χ3n) is 7.75. The zero-order chi connectivity index (χ0) is 25.6. The molecule has 2 N–H and O–H groups in total. The average Bonchev–Trinajstić information content (AvgIpc) is 3.34. The van der Waals surface area contributed by atoms with Gasteiger partial charge in [0.15, 0.2) is 0 Å². The maximum Gasteiger partial charge on any atom is 0.251 e. The number of anilines is 1. The number of piperidine rings is 1. The Bertz CT molecular complexity index is 1060. The second kappa shape index (κ2) is 12.0. The first kappa shape index (κ1) is 25.6. The fourth-order valence-corrected chi connectivity index (χ4v) is 5.59. The van der Waals surface area contributed by atoms with Crippen molar-refractivity contribution in [2.75, 3.05) is 57.8 Å². The normalized spacial score (nSPS) is 19.9. The van der Waals surface area contributed by atoms with Gasteiger partial charge in [-0.3, -0.25) is 19.4 Å². The molecular weight excluding hydrogens is 468 g/mol. The molecule has 37 heavy (non-hydrogen) atoms. The number of ether oxygens (including phenoxy) is 1. The van der Waals surface area contributed by atoms with Gasteiger partial charge in [0.2, 0.25) is 5.91 Å². The van der Waals surface area contributed by atoms with Gasteiger partial charge in [-0.15, -0.1) is 0 Å². The van der Waals surface area contributed by atoms with E-state index >= 15 is 0 Å². The van der Waals surface area contributed by atoms with Gasteiger partial charge < -0.3 is 20.3 Å². The first-order chi connectivity index (χ1) is 18.0. The average molecular weight is 507 g/mol. The summed E-state index contributed by atoms with van der Waals surface area (Å²) < 4.78 is 5.58. The van der Waals surface area contributed by atoms with Gasteiger partial charge in [0.25, 0.3) is 5.91 Å². The quantitative estimate of drug-likeness (QED) is 0.566. The molecule has 0 saturated carbocycles. The number of aromatic nitrogens is 1. The van der Waals surface area contributed by atoms with E-state index in [2.05, 4.69) is 49.7 Å². The lowest BCUT2D eigenvalue weighted by Gasteiger charge is -2.36. The van der Waals surface area contributed by atoms with Crippen molar-refractivity contribution in [1.82, 2.24) is 25.0 Å². The number of fused-ring (bicyclic) bond motifs is 1. The molecule has 1 aromatic heterocycles. The molecule has 0 bridgehead atoms. The number of amides is 2. The maximum absolute atomic E-state index is 13.1. The summed E-state index contributed by atoms with van der Waals surface area (Å²) >= 11 is 0. The molecule has 1 aromatic carbocycles. The molecule has 9 nitrogen and oxygen atoms in total. The standard InChI is InChI=1S/C28H38N6O3/c1-21(35)33-10-7-25(8-11-33)31-27-16-22(6-9-29-27)28(36)30-17-26(34-12-14-37-15-13-34)20-32-18-23-4-2-3-5-24(23)19-32/h2-6,9,16,25-26H,7-8,10-15,17-20H2,1H3,(H,29,31)(H,30,36)/t26-/m0/s1. The van der Waals surface area contributed by atoms with Gasteiger partial charge in [-0.25, -0.2) is 4.98 Å². The second-order valence-corrected chi connectivity index (χ2v) is 10.3. The SMILES string of the molecule is CC(=O)N1CCC(Nc2cc(C(=O)NC[C@@H](CN3Cc4ccccc4C3)N3CCOCC3)ccn2)CC1. The van der Waals surface area contributed by atoms with E-state index in [4.69, 9.17) is 4.74 Å². The minimum absolute atomic E-state index is 0.0835. The van der Waals surface area contributed by atoms with E-state index in [0.717, 1.165) is 71.9 Å². The molecule has 0 spiro atoms. The zero-order valence-corrected chi connectivity index (χ0v) is 21.7. The minimum Gasteiger partial charge on any atom is -0.379 e. The van der Waals surface area contributed by atoms with Gasteiger partial charge in [-0.2, -0.15) is 0 Å². The summed E-state index contributed by atoms with van der Waals surface area (Å²) in [7, 11) is 0. The van der Waals surface area contributed by atoms with Gasteiger partial charge >= 0.3 is 0 Å². The molecular formula is C28H38N6O3. The lowest BCUT2D eigenvalue weighted by Crippen LogP contribution is -2.53. The summed E-state index contributed by atoms with van der Waals surface area (Å²) in [6.45, 7) is 9.73. The van der Waals surface area contributed by atoms with Gasteiger partial charge in [0.05, 0.1) is 13.2 Å². The zero-order valence-electron chi connectivity index (χ0n) is 21.7. The van der Waals surface area contributed by atoms with Crippen LogP contribution in [0.3, 0.4) is 0 Å². The summed E-state index contributed by atoms with van der Waals surface area (Å²) in [6, 6.07) is 12.7. The third-order valence-corrected chi connectivity index (χ3v) is 7.75. The van der Waals surface area contributed by atoms with Crippen molar-refractivity contribution in [2.24, 2.45) is 0 Å². The van der Waals surface area contributed by atoms with Crippen LogP contribution in [-0.2, 0) is 22.6 Å². The van der Waals surface area contributed by atoms with Crippen molar-refractivity contribution in [3.05, 3.63) is 59.3 Å². The molecule has 9 heteroatoms. The number of likely N-dealkylation sites (tertiary alicyclic amines) is 1. The topological polar surface area (TPSA) is 90.0 Å². The van der Waals surface area contributed by atoms with Crippen LogP contribution in [0.1, 0.15) is 41.3 Å². The fraction of sp³-hybridized carbons (Fsp3) is 0.536. The van der Waals surface area contributed by atoms with Crippen LogP contribution in [0.5, 0.6) is 0 Å². The molecule has 0 unspecified atom stereocenters. The number of rotatable bonds is 8. The van der Waals surface area contributed by atoms with E-state index in [1.165, 1.54) is 11.1 Å². The highest BCUT2D eigenvalue weighted by Crippen LogP contribution is 2.23. The number of benzene rings is 1. The van der Waals surface area contributed by atoms with Crippen LogP contribution in [0.4, 0.5) is 5.82 Å². The van der Waals surface area contributed by atoms with Gasteiger partial charge in [-0.05, 0) is 36.1 Å². The molecule has 0 aliphatic carbocycles. The van der Waals surface area contributed by atoms with E-state index in [-0.39, 0.29) is 23.9 Å². The van der Waals surface area contributed by atoms with Crippen molar-refractivity contribution in [2.45, 2.75) is 44.9 Å². The summed E-state index contributed by atoms with van der Waals surface area (Å²) in [5.41, 5.74) is 3.40. The number of hydrogen-bond acceptors (Lipinski definition) is 7. The number of hydrogen-bond donors (Lipinski definition) is 2. The molecule has 3 aliphatic rings. The van der Waals surface area contributed by atoms with Crippen LogP contribution in [-0.4, -0.2) is 96.1 Å². The predicted octanol–water partition coefficient (Wildman–Crippen LogP) is 1.95. The summed E-state index contributed by atoms with van der Waals surface area (Å²) in [5, 5.41) is 6.64. The summed E-state index contributed by atoms with van der Waals surface area (Å²) in [6.07, 6.45) is 3.43. The molecule has 198 valence electrons. The third kappa shape index (κ3) is 6.66. The van der Waals surface area contributed by atoms with E-state index in [9.17, 15) is 9.59 Å². The Balaban J connectivity index is 1.17. The Hall–Kier alpha value is -3.01. The monoisotopic (exact) mass is 506 g/mol. The molecule has 2 aromatic rings. The Labute approximate surface area is 219 Å². The molecule has 4 heterocycles. The summed E-state index contributed by atoms with van der Waals surface area (Å²) in [5.74, 6) is 0.744. The molecule has 3 aliphatic heterocycles. The van der Waals surface area contributed by atoms with Crippen molar-refractivity contribution in [3.63, 3.8) is 0 Å². The molecule has 1 atom stereocenters. The Morgan fingerprint density at radius 2 is 1.76 bits per heavy atom. The number of carbonyl (C=O) groups is 2. The van der Waals surface area contributed by atoms with E-state index < -0.39 is 0 Å². The smallest absolute Gasteiger partial charge is 0.251 e. The highest BCUT2D eigenvalue weighted by atomic mass is 16.5. The molecule has 5 rings (SSSR count). The largest absolute Gasteiger partial charge is 0.379 e. The van der Waals surface area contributed by atoms with E-state index in [1.54, 1.807) is 19.2 Å². The lowest BCUT2D eigenvalue weighted by atomic mass is 10.0. The first-order valence-corrected chi connectivity index (χ1v) is 13.4. The van der Waals surface area contributed by atoms with Gasteiger partial charge in [-0.1, -0.05) is 24.3 Å². The van der Waals surface area contributed by atoms with Gasteiger partial charge in [0, 0.05) is 83.1 Å². The minimum atomic E-state index is -0.0835. The summed E-state index contributed by atoms with van der Waals surface area (Å²) in [4.78, 5) is 35.9. The number of pyridine rings is 1. The van der Waals surface area contributed by atoms with Crippen LogP contribution in [0, 0.1) is 0 Å². The molecule has 2 amide bonds. The number of carbonyl (C=O) groups excluding carboxylic acids is 2. The van der Waals surface area contributed by atoms with Crippen molar-refractivity contribution >= 4 is 17.6 Å². The molecule has 2 saturated heterocycles. The van der Waals surface area contributed by atoms with Crippen LogP contribution < -0.4 is 10.6 Å². The van der Waals surface area contributed by atoms with Crippen LogP contribution in [0.2, 0.25) is 0 Å². The highest BCUT2D eigenvalue weighted by molar-refractivity contribution is 5.94. The Kier molecular flexibility index (Phi) is 8.33. The highest BCUT2D eigenvalue weighted by Gasteiger charge is 2.27. The Morgan fingerprint density at radius 1 is 1.05 bits per heavy atom. The van der Waals surface area contributed by atoms with E-state index in [0.29, 0.717) is 17.9 Å². The molecule has 0 radical (unpaired) electrons. The lowest BCUT2D eigenvalue weighted by molar-refractivity contribution is -0.129. The predicted molar refractivity (Wildman–Crippen MR) is 142 cm³/mol. The van der Waals surface area contributed by atoms with E-state index in [1.807, 2.05) is 11.0 Å². The van der Waals surface area contributed by atoms with Crippen LogP contribution in [0.25, 0.3) is 0 Å². The fourth-order valence-electron chi connectivity index (χ4n) is 5.59. The number of morpholine rings is 1. The van der Waals surface area contributed by atoms with Crippen molar-refractivity contribution in [1.29, 1.82) is 0 Å². The molecule has 2 fully saturated rings. The number of nitrogens with one attached hydrogen (secondary N) is 2. The first-order valence-electron chi connectivity index (χ1n) is 13.4. The van der Waals surface area contributed by atoms with Crippen LogP contribution >= 0.6 is 0 Å². The van der Waals surface area contributed by atoms with Gasteiger partial charge in [0.1, 0.15) is 5.82 Å². The maximum atomic E-state index is 13.1. The van der Waals surface area contributed by atoms with Crippen molar-refractivity contribution in [3.8, 4) is 0 Å². The number of nitrogens with zero attached hydrogens (tertiary/aromatic N) is 4. The Morgan fingerprint density at radius 3 is 2.43 bits per heavy atom. The van der Waals surface area contributed by atoms with Crippen molar-refractivity contribution < 1.29 is 14.3 Å². The second-order valence-electron chi connectivity index (χ2n) is 10.3. The van der Waals surface area contributed by atoms with Crippen LogP contribution in [0.15, 0.2) is 42.6 Å².